The van der Waals surface area contributed by atoms with Crippen molar-refractivity contribution in [1.29, 1.82) is 0 Å². The molecule has 0 unspecified atom stereocenters. The van der Waals surface area contributed by atoms with Crippen LogP contribution in [-0.2, 0) is 4.52 Å². The summed E-state index contributed by atoms with van der Waals surface area (Å²) in [6.45, 7) is 5.63. The second-order valence-corrected chi connectivity index (χ2v) is 8.20. The van der Waals surface area contributed by atoms with E-state index >= 15 is 0 Å². The SMILES string of the molecule is C[C@H](c1ccc(Cl)cc1)N1CCCO[P@@]1N(CCCl)CCCl. The fourth-order valence-corrected chi connectivity index (χ4v) is 5.49. The zero-order valence-corrected chi connectivity index (χ0v) is 15.9. The molecule has 0 aromatic heterocycles. The van der Waals surface area contributed by atoms with Crippen LogP contribution in [0.2, 0.25) is 5.02 Å². The molecule has 1 saturated heterocycles. The van der Waals surface area contributed by atoms with Crippen molar-refractivity contribution in [2.24, 2.45) is 0 Å². The van der Waals surface area contributed by atoms with Gasteiger partial charge in [-0.15, -0.1) is 23.2 Å². The number of hydrogen-bond donors (Lipinski definition) is 0. The van der Waals surface area contributed by atoms with Gasteiger partial charge in [0, 0.05) is 42.5 Å². The third kappa shape index (κ3) is 4.95. The first-order valence-corrected chi connectivity index (χ1v) is 10.1. The second-order valence-electron chi connectivity index (χ2n) is 5.16. The Balaban J connectivity index is 2.15. The molecule has 0 bridgehead atoms. The first-order valence-electron chi connectivity index (χ1n) is 7.49. The number of hydrogen-bond acceptors (Lipinski definition) is 3. The van der Waals surface area contributed by atoms with Gasteiger partial charge in [-0.25, -0.2) is 9.34 Å². The Bertz CT molecular complexity index is 443. The summed E-state index contributed by atoms with van der Waals surface area (Å²) in [5.74, 6) is 1.17. The van der Waals surface area contributed by atoms with Gasteiger partial charge in [0.1, 0.15) is 0 Å². The van der Waals surface area contributed by atoms with E-state index in [9.17, 15) is 0 Å². The minimum atomic E-state index is -0.816. The highest BCUT2D eigenvalue weighted by Gasteiger charge is 2.33. The van der Waals surface area contributed by atoms with Crippen molar-refractivity contribution in [2.45, 2.75) is 19.4 Å². The minimum Gasteiger partial charge on any atom is -0.331 e. The molecule has 1 fully saturated rings. The van der Waals surface area contributed by atoms with Gasteiger partial charge in [0.25, 0.3) is 0 Å². The summed E-state index contributed by atoms with van der Waals surface area (Å²) in [5.41, 5.74) is 1.25. The predicted octanol–water partition coefficient (Wildman–Crippen LogP) is 5.13. The van der Waals surface area contributed by atoms with Crippen molar-refractivity contribution >= 4 is 43.3 Å². The van der Waals surface area contributed by atoms with Crippen LogP contribution in [0.25, 0.3) is 0 Å². The van der Waals surface area contributed by atoms with Gasteiger partial charge in [0.05, 0.1) is 6.61 Å². The first kappa shape index (κ1) is 18.7. The molecule has 2 atom stereocenters. The zero-order valence-electron chi connectivity index (χ0n) is 12.7. The van der Waals surface area contributed by atoms with Crippen LogP contribution >= 0.6 is 43.3 Å². The molecule has 1 aromatic rings. The molecule has 7 heteroatoms. The molecule has 3 nitrogen and oxygen atoms in total. The van der Waals surface area contributed by atoms with E-state index in [1.54, 1.807) is 0 Å². The molecule has 1 heterocycles. The average molecular weight is 384 g/mol. The Hall–Kier alpha value is 0.400. The molecule has 2 rings (SSSR count). The van der Waals surface area contributed by atoms with Gasteiger partial charge in [-0.05, 0) is 31.0 Å². The fraction of sp³-hybridized carbons (Fsp3) is 0.600. The van der Waals surface area contributed by atoms with Gasteiger partial charge < -0.3 is 4.52 Å². The Kier molecular flexibility index (Phi) is 8.21. The van der Waals surface area contributed by atoms with Crippen LogP contribution in [-0.4, -0.2) is 47.3 Å². The highest BCUT2D eigenvalue weighted by molar-refractivity contribution is 7.47. The Morgan fingerprint density at radius 2 is 1.86 bits per heavy atom. The van der Waals surface area contributed by atoms with Crippen LogP contribution < -0.4 is 0 Å². The molecule has 0 N–H and O–H groups in total. The molecular weight excluding hydrogens is 362 g/mol. The van der Waals surface area contributed by atoms with Gasteiger partial charge in [0.2, 0.25) is 0 Å². The van der Waals surface area contributed by atoms with Crippen molar-refractivity contribution in [2.75, 3.05) is 38.0 Å². The number of benzene rings is 1. The Morgan fingerprint density at radius 3 is 2.45 bits per heavy atom. The van der Waals surface area contributed by atoms with Gasteiger partial charge in [-0.2, -0.15) is 0 Å². The monoisotopic (exact) mass is 382 g/mol. The Labute approximate surface area is 149 Å². The van der Waals surface area contributed by atoms with E-state index in [-0.39, 0.29) is 6.04 Å². The van der Waals surface area contributed by atoms with E-state index in [2.05, 4.69) is 28.4 Å². The van der Waals surface area contributed by atoms with Crippen molar-refractivity contribution in [1.82, 2.24) is 9.34 Å². The van der Waals surface area contributed by atoms with Crippen LogP contribution in [0.3, 0.4) is 0 Å². The molecule has 0 saturated carbocycles. The Morgan fingerprint density at radius 1 is 1.23 bits per heavy atom. The molecular formula is C15H22Cl3N2OP. The van der Waals surface area contributed by atoms with Crippen molar-refractivity contribution < 1.29 is 4.52 Å². The highest BCUT2D eigenvalue weighted by atomic mass is 35.5. The summed E-state index contributed by atoms with van der Waals surface area (Å²) < 4.78 is 10.8. The summed E-state index contributed by atoms with van der Waals surface area (Å²) in [5, 5.41) is 0.763. The van der Waals surface area contributed by atoms with Gasteiger partial charge in [0.15, 0.2) is 8.45 Å². The van der Waals surface area contributed by atoms with Crippen molar-refractivity contribution in [3.05, 3.63) is 34.9 Å². The highest BCUT2D eigenvalue weighted by Crippen LogP contribution is 2.52. The lowest BCUT2D eigenvalue weighted by molar-refractivity contribution is 0.186. The molecule has 1 aliphatic rings. The van der Waals surface area contributed by atoms with E-state index < -0.39 is 8.45 Å². The molecule has 22 heavy (non-hydrogen) atoms. The second kappa shape index (κ2) is 9.64. The fourth-order valence-electron chi connectivity index (χ4n) is 2.51. The normalized spacial score (nSPS) is 21.2. The number of nitrogens with zero attached hydrogens (tertiary/aromatic N) is 2. The summed E-state index contributed by atoms with van der Waals surface area (Å²) in [4.78, 5) is 0. The maximum Gasteiger partial charge on any atom is 0.188 e. The smallest absolute Gasteiger partial charge is 0.188 e. The maximum absolute atomic E-state index is 6.10. The minimum absolute atomic E-state index is 0.275. The third-order valence-electron chi connectivity index (χ3n) is 3.68. The number of halogens is 3. The predicted molar refractivity (Wildman–Crippen MR) is 97.1 cm³/mol. The van der Waals surface area contributed by atoms with Crippen LogP contribution in [0.4, 0.5) is 0 Å². The number of rotatable bonds is 7. The molecule has 1 aromatic carbocycles. The van der Waals surface area contributed by atoms with E-state index in [0.717, 1.165) is 37.7 Å². The molecule has 0 aliphatic carbocycles. The van der Waals surface area contributed by atoms with E-state index in [0.29, 0.717) is 11.8 Å². The lowest BCUT2D eigenvalue weighted by Crippen LogP contribution is -2.37. The quantitative estimate of drug-likeness (QED) is 0.479. The van der Waals surface area contributed by atoms with Crippen LogP contribution in [0, 0.1) is 0 Å². The molecule has 124 valence electrons. The van der Waals surface area contributed by atoms with E-state index in [1.165, 1.54) is 5.56 Å². The third-order valence-corrected chi connectivity index (χ3v) is 6.56. The molecule has 0 amide bonds. The lowest BCUT2D eigenvalue weighted by atomic mass is 10.1. The van der Waals surface area contributed by atoms with Gasteiger partial charge >= 0.3 is 0 Å². The van der Waals surface area contributed by atoms with Crippen molar-refractivity contribution in [3.63, 3.8) is 0 Å². The summed E-state index contributed by atoms with van der Waals surface area (Å²) in [7, 11) is -0.816. The maximum atomic E-state index is 6.10. The summed E-state index contributed by atoms with van der Waals surface area (Å²) in [6, 6.07) is 8.33. The van der Waals surface area contributed by atoms with E-state index in [4.69, 9.17) is 39.3 Å². The topological polar surface area (TPSA) is 15.7 Å². The standard InChI is InChI=1S/C15H22Cl3N2OP/c1-13(14-3-5-15(18)6-4-14)20-9-2-12-21-22(20)19(10-7-16)11-8-17/h3-6,13H,2,7-12H2,1H3/t13-,22+/m1/s1. The molecule has 0 radical (unpaired) electrons. The lowest BCUT2D eigenvalue weighted by Gasteiger charge is -2.43. The largest absolute Gasteiger partial charge is 0.331 e. The van der Waals surface area contributed by atoms with Gasteiger partial charge in [-0.1, -0.05) is 23.7 Å². The molecule has 0 spiro atoms. The van der Waals surface area contributed by atoms with Crippen LogP contribution in [0.5, 0.6) is 0 Å². The average Bonchev–Trinajstić information content (AvgIpc) is 2.55. The summed E-state index contributed by atoms with van der Waals surface area (Å²) in [6.07, 6.45) is 1.05. The first-order chi connectivity index (χ1) is 10.7. The van der Waals surface area contributed by atoms with Crippen LogP contribution in [0.15, 0.2) is 24.3 Å². The van der Waals surface area contributed by atoms with Crippen LogP contribution in [0.1, 0.15) is 24.9 Å². The van der Waals surface area contributed by atoms with Crippen molar-refractivity contribution in [3.8, 4) is 0 Å². The zero-order chi connectivity index (χ0) is 15.9. The van der Waals surface area contributed by atoms with E-state index in [1.807, 2.05) is 12.1 Å². The molecule has 1 aliphatic heterocycles. The number of alkyl halides is 2. The summed E-state index contributed by atoms with van der Waals surface area (Å²) >= 11 is 17.9. The van der Waals surface area contributed by atoms with Gasteiger partial charge in [-0.3, -0.25) is 0 Å².